The average Bonchev–Trinajstić information content (AvgIpc) is 2.36. The smallest absolute Gasteiger partial charge is 0.143 e. The molecule has 0 aliphatic rings. The molecule has 0 spiro atoms. The van der Waals surface area contributed by atoms with Crippen LogP contribution in [0.5, 0.6) is 5.75 Å². The van der Waals surface area contributed by atoms with Gasteiger partial charge in [-0.25, -0.2) is 0 Å². The Hall–Kier alpha value is -1.63. The van der Waals surface area contributed by atoms with Crippen LogP contribution in [0.25, 0.3) is 11.1 Å². The maximum absolute atomic E-state index is 5.61. The van der Waals surface area contributed by atoms with E-state index in [0.717, 1.165) is 5.75 Å². The molecule has 17 heavy (non-hydrogen) atoms. The topological polar surface area (TPSA) is 9.23 Å². The molecule has 0 amide bonds. The summed E-state index contributed by atoms with van der Waals surface area (Å²) in [5, 5.41) is 0. The fourth-order valence-electron chi connectivity index (χ4n) is 2.04. The summed E-state index contributed by atoms with van der Waals surface area (Å²) >= 11 is 0. The molecule has 0 aliphatic heterocycles. The second-order valence-electron chi connectivity index (χ2n) is 4.16. The molecule has 0 bridgehead atoms. The average molecular weight is 222 g/mol. The SMILES string of the molecule is Bc1c(OCC)ccc(-c2ccccc2)c1B. The van der Waals surface area contributed by atoms with E-state index in [9.17, 15) is 0 Å². The molecule has 0 fully saturated rings. The largest absolute Gasteiger partial charge is 0.495 e. The van der Waals surface area contributed by atoms with Crippen LogP contribution in [0.3, 0.4) is 0 Å². The van der Waals surface area contributed by atoms with Crippen molar-refractivity contribution in [2.75, 3.05) is 6.61 Å². The minimum absolute atomic E-state index is 0.713. The summed E-state index contributed by atoms with van der Waals surface area (Å²) in [5.41, 5.74) is 5.07. The van der Waals surface area contributed by atoms with Crippen LogP contribution in [-0.4, -0.2) is 22.3 Å². The highest BCUT2D eigenvalue weighted by Crippen LogP contribution is 2.18. The van der Waals surface area contributed by atoms with Crippen molar-refractivity contribution in [2.24, 2.45) is 0 Å². The monoisotopic (exact) mass is 222 g/mol. The molecule has 3 heteroatoms. The van der Waals surface area contributed by atoms with E-state index in [4.69, 9.17) is 4.74 Å². The van der Waals surface area contributed by atoms with Crippen molar-refractivity contribution in [3.8, 4) is 16.9 Å². The minimum atomic E-state index is 0.713. The van der Waals surface area contributed by atoms with Gasteiger partial charge in [0.15, 0.2) is 0 Å². The number of benzene rings is 2. The molecule has 1 nitrogen and oxygen atoms in total. The van der Waals surface area contributed by atoms with E-state index < -0.39 is 0 Å². The Morgan fingerprint density at radius 1 is 0.941 bits per heavy atom. The van der Waals surface area contributed by atoms with Crippen LogP contribution in [0.2, 0.25) is 0 Å². The van der Waals surface area contributed by atoms with Crippen molar-refractivity contribution >= 4 is 26.6 Å². The highest BCUT2D eigenvalue weighted by atomic mass is 16.5. The standard InChI is InChI=1S/C14H16B2O/c1-2-17-12-9-8-11(13(15)14(12)16)10-6-4-3-5-7-10/h3-9H,2,15-16H2,1H3. The lowest BCUT2D eigenvalue weighted by atomic mass is 9.75. The van der Waals surface area contributed by atoms with Crippen LogP contribution in [0.4, 0.5) is 0 Å². The van der Waals surface area contributed by atoms with Gasteiger partial charge in [0.1, 0.15) is 21.4 Å². The normalized spacial score (nSPS) is 10.2. The molecule has 0 N–H and O–H groups in total. The van der Waals surface area contributed by atoms with Crippen LogP contribution >= 0.6 is 0 Å². The first-order valence-corrected chi connectivity index (χ1v) is 6.02. The molecule has 0 saturated carbocycles. The van der Waals surface area contributed by atoms with Gasteiger partial charge in [0.2, 0.25) is 0 Å². The Kier molecular flexibility index (Phi) is 3.58. The summed E-state index contributed by atoms with van der Waals surface area (Å²) < 4.78 is 5.61. The number of hydrogen-bond acceptors (Lipinski definition) is 1. The second kappa shape index (κ2) is 5.13. The third kappa shape index (κ3) is 2.38. The zero-order valence-corrected chi connectivity index (χ0v) is 10.7. The third-order valence-corrected chi connectivity index (χ3v) is 3.12. The van der Waals surface area contributed by atoms with Gasteiger partial charge in [0.25, 0.3) is 0 Å². The van der Waals surface area contributed by atoms with Crippen molar-refractivity contribution in [2.45, 2.75) is 6.92 Å². The molecule has 0 atom stereocenters. The summed E-state index contributed by atoms with van der Waals surface area (Å²) in [6.07, 6.45) is 0. The Balaban J connectivity index is 2.48. The zero-order chi connectivity index (χ0) is 12.3. The molecule has 2 aromatic rings. The molecule has 0 heterocycles. The van der Waals surface area contributed by atoms with Crippen LogP contribution in [0.15, 0.2) is 42.5 Å². The number of hydrogen-bond donors (Lipinski definition) is 0. The van der Waals surface area contributed by atoms with Gasteiger partial charge < -0.3 is 4.74 Å². The summed E-state index contributed by atoms with van der Waals surface area (Å²) in [6.45, 7) is 2.73. The first-order valence-electron chi connectivity index (χ1n) is 6.02. The van der Waals surface area contributed by atoms with E-state index in [0.29, 0.717) is 6.61 Å². The number of rotatable bonds is 3. The second-order valence-corrected chi connectivity index (χ2v) is 4.16. The van der Waals surface area contributed by atoms with Crippen molar-refractivity contribution in [3.63, 3.8) is 0 Å². The molecular formula is C14H16B2O. The Morgan fingerprint density at radius 2 is 1.65 bits per heavy atom. The van der Waals surface area contributed by atoms with Gasteiger partial charge in [0.05, 0.1) is 6.61 Å². The summed E-state index contributed by atoms with van der Waals surface area (Å²) in [4.78, 5) is 0. The Labute approximate surface area is 105 Å². The Bertz CT molecular complexity index is 509. The summed E-state index contributed by atoms with van der Waals surface area (Å²) in [6, 6.07) is 14.7. The lowest BCUT2D eigenvalue weighted by molar-refractivity contribution is 0.343. The van der Waals surface area contributed by atoms with Crippen LogP contribution < -0.4 is 15.7 Å². The van der Waals surface area contributed by atoms with Crippen LogP contribution in [0, 0.1) is 0 Å². The lowest BCUT2D eigenvalue weighted by Crippen LogP contribution is -2.29. The van der Waals surface area contributed by atoms with E-state index in [2.05, 4.69) is 52.1 Å². The highest BCUT2D eigenvalue weighted by molar-refractivity contribution is 6.52. The van der Waals surface area contributed by atoms with Gasteiger partial charge in [-0.05, 0) is 24.1 Å². The molecule has 0 saturated heterocycles. The maximum atomic E-state index is 5.61. The van der Waals surface area contributed by atoms with E-state index in [-0.39, 0.29) is 0 Å². The van der Waals surface area contributed by atoms with Gasteiger partial charge in [-0.3, -0.25) is 0 Å². The third-order valence-electron chi connectivity index (χ3n) is 3.12. The van der Waals surface area contributed by atoms with Gasteiger partial charge in [0, 0.05) is 0 Å². The predicted molar refractivity (Wildman–Crippen MR) is 79.4 cm³/mol. The fraction of sp³-hybridized carbons (Fsp3) is 0.143. The van der Waals surface area contributed by atoms with E-state index >= 15 is 0 Å². The Morgan fingerprint density at radius 3 is 2.29 bits per heavy atom. The zero-order valence-electron chi connectivity index (χ0n) is 10.7. The van der Waals surface area contributed by atoms with Crippen molar-refractivity contribution in [3.05, 3.63) is 42.5 Å². The van der Waals surface area contributed by atoms with Gasteiger partial charge in [-0.1, -0.05) is 47.3 Å². The minimum Gasteiger partial charge on any atom is -0.495 e. The van der Waals surface area contributed by atoms with E-state index in [1.54, 1.807) is 0 Å². The maximum Gasteiger partial charge on any atom is 0.143 e. The molecule has 0 radical (unpaired) electrons. The summed E-state index contributed by atoms with van der Waals surface area (Å²) in [5.74, 6) is 0.990. The highest BCUT2D eigenvalue weighted by Gasteiger charge is 2.07. The van der Waals surface area contributed by atoms with Crippen molar-refractivity contribution in [1.29, 1.82) is 0 Å². The lowest BCUT2D eigenvalue weighted by Gasteiger charge is -2.14. The van der Waals surface area contributed by atoms with Gasteiger partial charge in [-0.2, -0.15) is 0 Å². The van der Waals surface area contributed by atoms with Crippen LogP contribution in [0.1, 0.15) is 6.92 Å². The first kappa shape index (κ1) is 11.8. The van der Waals surface area contributed by atoms with E-state index in [1.165, 1.54) is 22.1 Å². The predicted octanol–water partition coefficient (Wildman–Crippen LogP) is 0.269. The number of ether oxygens (including phenoxy) is 1. The van der Waals surface area contributed by atoms with Crippen molar-refractivity contribution < 1.29 is 4.74 Å². The fourth-order valence-corrected chi connectivity index (χ4v) is 2.04. The van der Waals surface area contributed by atoms with Crippen LogP contribution in [-0.2, 0) is 0 Å². The molecule has 2 aromatic carbocycles. The molecular weight excluding hydrogens is 206 g/mol. The summed E-state index contributed by atoms with van der Waals surface area (Å²) in [7, 11) is 4.27. The first-order chi connectivity index (χ1) is 8.24. The quantitative estimate of drug-likeness (QED) is 0.677. The van der Waals surface area contributed by atoms with E-state index in [1.807, 2.05) is 13.0 Å². The molecule has 0 aliphatic carbocycles. The molecule has 84 valence electrons. The van der Waals surface area contributed by atoms with Crippen molar-refractivity contribution in [1.82, 2.24) is 0 Å². The molecule has 0 aromatic heterocycles. The molecule has 2 rings (SSSR count). The molecule has 0 unspecified atom stereocenters. The van der Waals surface area contributed by atoms with Gasteiger partial charge in [-0.15, -0.1) is 0 Å². The van der Waals surface area contributed by atoms with Gasteiger partial charge >= 0.3 is 0 Å².